The summed E-state index contributed by atoms with van der Waals surface area (Å²) in [6.07, 6.45) is 4.94. The van der Waals surface area contributed by atoms with E-state index in [-0.39, 0.29) is 5.54 Å². The molecule has 1 heterocycles. The first-order chi connectivity index (χ1) is 7.59. The molecule has 0 saturated carbocycles. The third-order valence-electron chi connectivity index (χ3n) is 2.52. The van der Waals surface area contributed by atoms with Crippen LogP contribution in [0, 0.1) is 0 Å². The summed E-state index contributed by atoms with van der Waals surface area (Å²) >= 11 is 0. The quantitative estimate of drug-likeness (QED) is 0.769. The minimum absolute atomic E-state index is 0.00390. The summed E-state index contributed by atoms with van der Waals surface area (Å²) in [4.78, 5) is 4.18. The Morgan fingerprint density at radius 3 is 2.88 bits per heavy atom. The smallest absolute Gasteiger partial charge is 0.0948 e. The van der Waals surface area contributed by atoms with Gasteiger partial charge in [0, 0.05) is 31.9 Å². The van der Waals surface area contributed by atoms with Gasteiger partial charge in [0.05, 0.1) is 18.6 Å². The van der Waals surface area contributed by atoms with Crippen molar-refractivity contribution >= 4 is 0 Å². The Morgan fingerprint density at radius 2 is 2.25 bits per heavy atom. The average molecular weight is 225 g/mol. The summed E-state index contributed by atoms with van der Waals surface area (Å²) in [6.45, 7) is 9.01. The first-order valence-corrected chi connectivity index (χ1v) is 5.82. The Hall–Kier alpha value is -0.870. The molecule has 0 radical (unpaired) electrons. The van der Waals surface area contributed by atoms with Crippen LogP contribution in [0.4, 0.5) is 0 Å². The highest BCUT2D eigenvalue weighted by Gasteiger charge is 2.16. The zero-order chi connectivity index (χ0) is 12.0. The normalized spacial score (nSPS) is 12.0. The number of nitrogens with zero attached hydrogens (tertiary/aromatic N) is 2. The van der Waals surface area contributed by atoms with Gasteiger partial charge in [0.1, 0.15) is 0 Å². The number of aromatic nitrogens is 2. The first kappa shape index (κ1) is 13.2. The van der Waals surface area contributed by atoms with Crippen molar-refractivity contribution < 1.29 is 4.74 Å². The van der Waals surface area contributed by atoms with Crippen molar-refractivity contribution in [3.05, 3.63) is 18.2 Å². The number of ether oxygens (including phenoxy) is 1. The third-order valence-corrected chi connectivity index (χ3v) is 2.52. The number of methoxy groups -OCH3 is 1. The predicted molar refractivity (Wildman–Crippen MR) is 65.3 cm³/mol. The molecular weight excluding hydrogens is 202 g/mol. The zero-order valence-corrected chi connectivity index (χ0v) is 10.8. The first-order valence-electron chi connectivity index (χ1n) is 5.82. The summed E-state index contributed by atoms with van der Waals surface area (Å²) in [5, 5.41) is 3.48. The van der Waals surface area contributed by atoms with Gasteiger partial charge in [-0.05, 0) is 20.3 Å². The van der Waals surface area contributed by atoms with E-state index in [1.54, 1.807) is 7.11 Å². The number of nitrogens with one attached hydrogen (secondary N) is 1. The molecule has 0 bridgehead atoms. The maximum Gasteiger partial charge on any atom is 0.0948 e. The fraction of sp³-hybridized carbons (Fsp3) is 0.750. The highest BCUT2D eigenvalue weighted by molar-refractivity contribution is 4.99. The lowest BCUT2D eigenvalue weighted by Crippen LogP contribution is -2.43. The Labute approximate surface area is 98.0 Å². The van der Waals surface area contributed by atoms with Crippen LogP contribution in [0.25, 0.3) is 0 Å². The van der Waals surface area contributed by atoms with E-state index in [2.05, 4.69) is 35.6 Å². The fourth-order valence-corrected chi connectivity index (χ4v) is 1.68. The number of imidazole rings is 1. The van der Waals surface area contributed by atoms with E-state index in [1.165, 1.54) is 5.69 Å². The summed E-state index contributed by atoms with van der Waals surface area (Å²) < 4.78 is 7.36. The lowest BCUT2D eigenvalue weighted by molar-refractivity contribution is 0.127. The average Bonchev–Trinajstić information content (AvgIpc) is 2.63. The summed E-state index contributed by atoms with van der Waals surface area (Å²) in [5.74, 6) is 0. The van der Waals surface area contributed by atoms with Gasteiger partial charge < -0.3 is 14.6 Å². The second kappa shape index (κ2) is 6.01. The van der Waals surface area contributed by atoms with Gasteiger partial charge in [0.15, 0.2) is 0 Å². The van der Waals surface area contributed by atoms with Crippen LogP contribution in [-0.2, 0) is 17.8 Å². The molecule has 4 heteroatoms. The molecule has 1 rings (SSSR count). The predicted octanol–water partition coefficient (Wildman–Crippen LogP) is 1.81. The molecule has 1 aromatic rings. The van der Waals surface area contributed by atoms with Gasteiger partial charge in [0.25, 0.3) is 0 Å². The molecule has 1 N–H and O–H groups in total. The second-order valence-corrected chi connectivity index (χ2v) is 4.75. The van der Waals surface area contributed by atoms with Crippen molar-refractivity contribution in [3.63, 3.8) is 0 Å². The molecule has 0 atom stereocenters. The van der Waals surface area contributed by atoms with Gasteiger partial charge in [-0.1, -0.05) is 6.92 Å². The van der Waals surface area contributed by atoms with Gasteiger partial charge >= 0.3 is 0 Å². The molecule has 0 aromatic carbocycles. The number of rotatable bonds is 7. The minimum Gasteiger partial charge on any atom is -0.383 e. The molecule has 0 aliphatic carbocycles. The highest BCUT2D eigenvalue weighted by Crippen LogP contribution is 2.06. The van der Waals surface area contributed by atoms with Crippen molar-refractivity contribution in [3.8, 4) is 0 Å². The van der Waals surface area contributed by atoms with Crippen LogP contribution in [0.15, 0.2) is 12.5 Å². The third kappa shape index (κ3) is 3.94. The van der Waals surface area contributed by atoms with Crippen molar-refractivity contribution in [2.24, 2.45) is 0 Å². The monoisotopic (exact) mass is 225 g/mol. The number of aryl methyl sites for hydroxylation is 1. The summed E-state index contributed by atoms with van der Waals surface area (Å²) in [7, 11) is 1.73. The summed E-state index contributed by atoms with van der Waals surface area (Å²) in [5.41, 5.74) is 1.22. The van der Waals surface area contributed by atoms with Crippen LogP contribution >= 0.6 is 0 Å². The maximum atomic E-state index is 5.17. The van der Waals surface area contributed by atoms with Crippen LogP contribution in [0.2, 0.25) is 0 Å². The van der Waals surface area contributed by atoms with Crippen molar-refractivity contribution in [2.75, 3.05) is 13.7 Å². The standard InChI is InChI=1S/C12H23N3O/c1-5-6-15-10-13-7-11(15)8-14-12(2,3)9-16-4/h7,10,14H,5-6,8-9H2,1-4H3. The van der Waals surface area contributed by atoms with E-state index in [0.29, 0.717) is 6.61 Å². The molecule has 1 aromatic heterocycles. The van der Waals surface area contributed by atoms with E-state index >= 15 is 0 Å². The highest BCUT2D eigenvalue weighted by atomic mass is 16.5. The lowest BCUT2D eigenvalue weighted by atomic mass is 10.1. The Morgan fingerprint density at radius 1 is 1.50 bits per heavy atom. The van der Waals surface area contributed by atoms with Crippen LogP contribution in [0.3, 0.4) is 0 Å². The van der Waals surface area contributed by atoms with E-state index in [4.69, 9.17) is 4.74 Å². The molecule has 92 valence electrons. The lowest BCUT2D eigenvalue weighted by Gasteiger charge is -2.25. The molecule has 0 amide bonds. The zero-order valence-electron chi connectivity index (χ0n) is 10.8. The summed E-state index contributed by atoms with van der Waals surface area (Å²) in [6, 6.07) is 0. The van der Waals surface area contributed by atoms with Gasteiger partial charge in [-0.15, -0.1) is 0 Å². The SMILES string of the molecule is CCCn1cncc1CNC(C)(C)COC. The molecule has 0 fully saturated rings. The minimum atomic E-state index is -0.00390. The van der Waals surface area contributed by atoms with E-state index in [0.717, 1.165) is 19.5 Å². The molecular formula is C12H23N3O. The second-order valence-electron chi connectivity index (χ2n) is 4.75. The maximum absolute atomic E-state index is 5.17. The molecule has 0 unspecified atom stereocenters. The number of hydrogen-bond donors (Lipinski definition) is 1. The van der Waals surface area contributed by atoms with Crippen molar-refractivity contribution in [2.45, 2.75) is 45.8 Å². The van der Waals surface area contributed by atoms with Gasteiger partial charge in [0.2, 0.25) is 0 Å². The largest absolute Gasteiger partial charge is 0.383 e. The van der Waals surface area contributed by atoms with E-state index < -0.39 is 0 Å². The van der Waals surface area contributed by atoms with E-state index in [9.17, 15) is 0 Å². The van der Waals surface area contributed by atoms with Crippen LogP contribution in [-0.4, -0.2) is 28.8 Å². The van der Waals surface area contributed by atoms with Crippen LogP contribution < -0.4 is 5.32 Å². The Bertz CT molecular complexity index is 307. The van der Waals surface area contributed by atoms with Crippen molar-refractivity contribution in [1.29, 1.82) is 0 Å². The van der Waals surface area contributed by atoms with Gasteiger partial charge in [-0.3, -0.25) is 0 Å². The van der Waals surface area contributed by atoms with Crippen molar-refractivity contribution in [1.82, 2.24) is 14.9 Å². The molecule has 0 aliphatic heterocycles. The molecule has 0 aliphatic rings. The molecule has 0 saturated heterocycles. The van der Waals surface area contributed by atoms with Crippen LogP contribution in [0.1, 0.15) is 32.9 Å². The topological polar surface area (TPSA) is 39.1 Å². The van der Waals surface area contributed by atoms with E-state index in [1.807, 2.05) is 12.5 Å². The van der Waals surface area contributed by atoms with Gasteiger partial charge in [-0.2, -0.15) is 0 Å². The van der Waals surface area contributed by atoms with Crippen LogP contribution in [0.5, 0.6) is 0 Å². The number of hydrogen-bond acceptors (Lipinski definition) is 3. The molecule has 0 spiro atoms. The fourth-order valence-electron chi connectivity index (χ4n) is 1.68. The molecule has 4 nitrogen and oxygen atoms in total. The van der Waals surface area contributed by atoms with Gasteiger partial charge in [-0.25, -0.2) is 4.98 Å². The molecule has 16 heavy (non-hydrogen) atoms. The Kier molecular flexibility index (Phi) is 4.96. The Balaban J connectivity index is 2.50.